The summed E-state index contributed by atoms with van der Waals surface area (Å²) in [5.74, 6) is 1.08. The van der Waals surface area contributed by atoms with Crippen LogP contribution in [0.1, 0.15) is 26.3 Å². The second-order valence-corrected chi connectivity index (χ2v) is 4.50. The Morgan fingerprint density at radius 1 is 1.43 bits per heavy atom. The van der Waals surface area contributed by atoms with Crippen LogP contribution in [0.5, 0.6) is 5.75 Å². The molecule has 1 aromatic rings. The first-order valence-corrected chi connectivity index (χ1v) is 4.99. The SMILES string of the molecule is CC(C)C1(C)Cc2cc(F)ccc2O1. The van der Waals surface area contributed by atoms with Crippen molar-refractivity contribution in [1.82, 2.24) is 0 Å². The highest BCUT2D eigenvalue weighted by Gasteiger charge is 2.37. The van der Waals surface area contributed by atoms with Crippen molar-refractivity contribution in [3.05, 3.63) is 29.6 Å². The van der Waals surface area contributed by atoms with Crippen molar-refractivity contribution in [2.75, 3.05) is 0 Å². The van der Waals surface area contributed by atoms with Gasteiger partial charge in [-0.15, -0.1) is 0 Å². The Morgan fingerprint density at radius 3 is 2.79 bits per heavy atom. The standard InChI is InChI=1S/C12H15FO/c1-8(2)12(3)7-9-6-10(13)4-5-11(9)14-12/h4-6,8H,7H2,1-3H3. The van der Waals surface area contributed by atoms with Crippen LogP contribution in [-0.2, 0) is 6.42 Å². The molecule has 1 aromatic carbocycles. The molecule has 0 fully saturated rings. The van der Waals surface area contributed by atoms with Gasteiger partial charge in [-0.1, -0.05) is 13.8 Å². The lowest BCUT2D eigenvalue weighted by molar-refractivity contribution is 0.0647. The Kier molecular flexibility index (Phi) is 2.02. The Balaban J connectivity index is 2.34. The van der Waals surface area contributed by atoms with Gasteiger partial charge in [0.05, 0.1) is 0 Å². The summed E-state index contributed by atoms with van der Waals surface area (Å²) in [6, 6.07) is 4.74. The Bertz CT molecular complexity index is 359. The molecular weight excluding hydrogens is 179 g/mol. The lowest BCUT2D eigenvalue weighted by atomic mass is 9.88. The van der Waals surface area contributed by atoms with Crippen LogP contribution in [0.25, 0.3) is 0 Å². The average molecular weight is 194 g/mol. The molecule has 76 valence electrons. The fourth-order valence-electron chi connectivity index (χ4n) is 1.77. The molecule has 1 unspecified atom stereocenters. The van der Waals surface area contributed by atoms with Gasteiger partial charge >= 0.3 is 0 Å². The van der Waals surface area contributed by atoms with Crippen molar-refractivity contribution < 1.29 is 9.13 Å². The normalized spacial score (nSPS) is 24.9. The predicted molar refractivity (Wildman–Crippen MR) is 54.0 cm³/mol. The van der Waals surface area contributed by atoms with Crippen LogP contribution >= 0.6 is 0 Å². The molecule has 0 amide bonds. The van der Waals surface area contributed by atoms with Crippen LogP contribution in [0.15, 0.2) is 18.2 Å². The monoisotopic (exact) mass is 194 g/mol. The first kappa shape index (κ1) is 9.50. The van der Waals surface area contributed by atoms with Crippen LogP contribution in [0.3, 0.4) is 0 Å². The van der Waals surface area contributed by atoms with Crippen molar-refractivity contribution in [2.45, 2.75) is 32.8 Å². The highest BCUT2D eigenvalue weighted by Crippen LogP contribution is 2.39. The summed E-state index contributed by atoms with van der Waals surface area (Å²) in [4.78, 5) is 0. The van der Waals surface area contributed by atoms with Gasteiger partial charge in [0.15, 0.2) is 0 Å². The van der Waals surface area contributed by atoms with Gasteiger partial charge in [-0.25, -0.2) is 4.39 Å². The molecule has 0 aliphatic carbocycles. The van der Waals surface area contributed by atoms with Crippen LogP contribution in [-0.4, -0.2) is 5.60 Å². The predicted octanol–water partition coefficient (Wildman–Crippen LogP) is 3.18. The third kappa shape index (κ3) is 1.39. The number of hydrogen-bond acceptors (Lipinski definition) is 1. The van der Waals surface area contributed by atoms with Gasteiger partial charge in [-0.2, -0.15) is 0 Å². The van der Waals surface area contributed by atoms with Crippen molar-refractivity contribution >= 4 is 0 Å². The second-order valence-electron chi connectivity index (χ2n) is 4.50. The lowest BCUT2D eigenvalue weighted by Crippen LogP contribution is -2.36. The zero-order valence-corrected chi connectivity index (χ0v) is 8.80. The largest absolute Gasteiger partial charge is 0.487 e. The van der Waals surface area contributed by atoms with Gasteiger partial charge in [0.25, 0.3) is 0 Å². The molecule has 1 nitrogen and oxygen atoms in total. The molecule has 1 aliphatic heterocycles. The maximum atomic E-state index is 13.0. The summed E-state index contributed by atoms with van der Waals surface area (Å²) in [7, 11) is 0. The molecule has 1 atom stereocenters. The number of rotatable bonds is 1. The minimum atomic E-state index is -0.180. The van der Waals surface area contributed by atoms with Crippen molar-refractivity contribution in [1.29, 1.82) is 0 Å². The van der Waals surface area contributed by atoms with E-state index < -0.39 is 0 Å². The molecule has 1 aliphatic rings. The van der Waals surface area contributed by atoms with Gasteiger partial charge in [-0.05, 0) is 31.0 Å². The van der Waals surface area contributed by atoms with Crippen LogP contribution in [0, 0.1) is 11.7 Å². The number of hydrogen-bond donors (Lipinski definition) is 0. The van der Waals surface area contributed by atoms with Gasteiger partial charge in [0.2, 0.25) is 0 Å². The lowest BCUT2D eigenvalue weighted by Gasteiger charge is -2.28. The molecule has 14 heavy (non-hydrogen) atoms. The molecule has 0 saturated heterocycles. The summed E-state index contributed by atoms with van der Waals surface area (Å²) in [6.07, 6.45) is 0.803. The highest BCUT2D eigenvalue weighted by atomic mass is 19.1. The zero-order chi connectivity index (χ0) is 10.3. The minimum Gasteiger partial charge on any atom is -0.487 e. The molecule has 0 bridgehead atoms. The molecule has 0 spiro atoms. The number of ether oxygens (including phenoxy) is 1. The molecule has 0 saturated carbocycles. The van der Waals surface area contributed by atoms with E-state index in [0.29, 0.717) is 5.92 Å². The van der Waals surface area contributed by atoms with Crippen LogP contribution in [0.4, 0.5) is 4.39 Å². The third-order valence-electron chi connectivity index (χ3n) is 3.13. The first-order valence-electron chi connectivity index (χ1n) is 4.99. The average Bonchev–Trinajstić information content (AvgIpc) is 2.42. The Morgan fingerprint density at radius 2 is 2.14 bits per heavy atom. The van der Waals surface area contributed by atoms with Gasteiger partial charge in [0.1, 0.15) is 17.2 Å². The summed E-state index contributed by atoms with van der Waals surface area (Å²) in [5.41, 5.74) is 0.817. The molecule has 1 heterocycles. The zero-order valence-electron chi connectivity index (χ0n) is 8.80. The van der Waals surface area contributed by atoms with E-state index in [9.17, 15) is 4.39 Å². The molecule has 0 aromatic heterocycles. The van der Waals surface area contributed by atoms with Crippen molar-refractivity contribution in [3.63, 3.8) is 0 Å². The van der Waals surface area contributed by atoms with E-state index in [1.54, 1.807) is 12.1 Å². The Labute approximate surface area is 83.9 Å². The van der Waals surface area contributed by atoms with E-state index in [2.05, 4.69) is 20.8 Å². The second kappa shape index (κ2) is 2.97. The molecular formula is C12H15FO. The minimum absolute atomic E-state index is 0.171. The van der Waals surface area contributed by atoms with Gasteiger partial charge < -0.3 is 4.74 Å². The summed E-state index contributed by atoms with van der Waals surface area (Å²) >= 11 is 0. The molecule has 2 heteroatoms. The van der Waals surface area contributed by atoms with Crippen molar-refractivity contribution in [2.24, 2.45) is 5.92 Å². The molecule has 0 N–H and O–H groups in total. The van der Waals surface area contributed by atoms with E-state index >= 15 is 0 Å². The summed E-state index contributed by atoms with van der Waals surface area (Å²) in [5, 5.41) is 0. The van der Waals surface area contributed by atoms with E-state index in [0.717, 1.165) is 17.7 Å². The maximum absolute atomic E-state index is 13.0. The third-order valence-corrected chi connectivity index (χ3v) is 3.13. The maximum Gasteiger partial charge on any atom is 0.123 e. The summed E-state index contributed by atoms with van der Waals surface area (Å²) < 4.78 is 18.8. The fourth-order valence-corrected chi connectivity index (χ4v) is 1.77. The van der Waals surface area contributed by atoms with Crippen molar-refractivity contribution in [3.8, 4) is 5.75 Å². The quantitative estimate of drug-likeness (QED) is 0.667. The molecule has 0 radical (unpaired) electrons. The summed E-state index contributed by atoms with van der Waals surface area (Å²) in [6.45, 7) is 6.33. The van der Waals surface area contributed by atoms with Crippen LogP contribution < -0.4 is 4.74 Å². The van der Waals surface area contributed by atoms with Gasteiger partial charge in [-0.3, -0.25) is 0 Å². The smallest absolute Gasteiger partial charge is 0.123 e. The van der Waals surface area contributed by atoms with Gasteiger partial charge in [0, 0.05) is 12.0 Å². The van der Waals surface area contributed by atoms with E-state index in [-0.39, 0.29) is 11.4 Å². The fraction of sp³-hybridized carbons (Fsp3) is 0.500. The van der Waals surface area contributed by atoms with E-state index in [1.165, 1.54) is 6.07 Å². The number of halogens is 1. The highest BCUT2D eigenvalue weighted by molar-refractivity contribution is 5.39. The first-order chi connectivity index (χ1) is 6.51. The topological polar surface area (TPSA) is 9.23 Å². The van der Waals surface area contributed by atoms with E-state index in [1.807, 2.05) is 0 Å². The van der Waals surface area contributed by atoms with Crippen LogP contribution in [0.2, 0.25) is 0 Å². The molecule has 2 rings (SSSR count). The number of benzene rings is 1. The Hall–Kier alpha value is -1.05. The van der Waals surface area contributed by atoms with E-state index in [4.69, 9.17) is 4.74 Å². The number of fused-ring (bicyclic) bond motifs is 1.